The van der Waals surface area contributed by atoms with E-state index >= 15 is 0 Å². The molecule has 0 aliphatic carbocycles. The van der Waals surface area contributed by atoms with E-state index < -0.39 is 15.0 Å². The standard InChI is InChI=1S/C14H21NO5S/c1-4-9-14(2,10-11-20-21(3,18)19)12-5-7-13(8-6-12)15(16)17/h5-8H,4,9-11H2,1-3H3. The van der Waals surface area contributed by atoms with E-state index in [2.05, 4.69) is 0 Å². The second-order valence-corrected chi connectivity index (χ2v) is 7.03. The zero-order valence-electron chi connectivity index (χ0n) is 12.5. The van der Waals surface area contributed by atoms with E-state index in [1.807, 2.05) is 13.8 Å². The Balaban J connectivity index is 2.90. The minimum absolute atomic E-state index is 0.0463. The molecule has 0 fully saturated rings. The van der Waals surface area contributed by atoms with Crippen LogP contribution in [-0.2, 0) is 19.7 Å². The van der Waals surface area contributed by atoms with E-state index in [-0.39, 0.29) is 17.7 Å². The molecule has 0 spiro atoms. The molecule has 0 bridgehead atoms. The van der Waals surface area contributed by atoms with E-state index in [4.69, 9.17) is 4.18 Å². The highest BCUT2D eigenvalue weighted by Crippen LogP contribution is 2.33. The number of benzene rings is 1. The molecule has 0 aliphatic heterocycles. The molecule has 6 nitrogen and oxygen atoms in total. The number of non-ortho nitro benzene ring substituents is 1. The van der Waals surface area contributed by atoms with Crippen molar-refractivity contribution in [1.82, 2.24) is 0 Å². The summed E-state index contributed by atoms with van der Waals surface area (Å²) in [5.74, 6) is 0. The van der Waals surface area contributed by atoms with Gasteiger partial charge in [-0.05, 0) is 23.8 Å². The van der Waals surface area contributed by atoms with Crippen molar-refractivity contribution in [2.24, 2.45) is 0 Å². The molecule has 0 heterocycles. The Morgan fingerprint density at radius 2 is 1.81 bits per heavy atom. The maximum absolute atomic E-state index is 11.0. The molecule has 0 saturated heterocycles. The number of hydrogen-bond acceptors (Lipinski definition) is 5. The lowest BCUT2D eigenvalue weighted by atomic mass is 9.76. The molecule has 7 heteroatoms. The van der Waals surface area contributed by atoms with Crippen molar-refractivity contribution in [3.05, 3.63) is 39.9 Å². The summed E-state index contributed by atoms with van der Waals surface area (Å²) in [4.78, 5) is 10.3. The molecule has 1 unspecified atom stereocenters. The van der Waals surface area contributed by atoms with Crippen molar-refractivity contribution in [2.45, 2.75) is 38.5 Å². The number of rotatable bonds is 8. The number of hydrogen-bond donors (Lipinski definition) is 0. The summed E-state index contributed by atoms with van der Waals surface area (Å²) >= 11 is 0. The van der Waals surface area contributed by atoms with E-state index in [1.54, 1.807) is 12.1 Å². The van der Waals surface area contributed by atoms with E-state index in [0.717, 1.165) is 24.7 Å². The van der Waals surface area contributed by atoms with Crippen molar-refractivity contribution in [3.8, 4) is 0 Å². The fourth-order valence-electron chi connectivity index (χ4n) is 2.37. The number of nitro benzene ring substituents is 1. The average molecular weight is 315 g/mol. The molecule has 0 N–H and O–H groups in total. The van der Waals surface area contributed by atoms with Gasteiger partial charge in [-0.15, -0.1) is 0 Å². The third-order valence-corrected chi connectivity index (χ3v) is 4.12. The van der Waals surface area contributed by atoms with Gasteiger partial charge in [0.1, 0.15) is 0 Å². The summed E-state index contributed by atoms with van der Waals surface area (Å²) in [5.41, 5.74) is 0.728. The van der Waals surface area contributed by atoms with Gasteiger partial charge in [-0.3, -0.25) is 14.3 Å². The molecule has 0 saturated carbocycles. The van der Waals surface area contributed by atoms with Crippen molar-refractivity contribution >= 4 is 15.8 Å². The van der Waals surface area contributed by atoms with Crippen molar-refractivity contribution in [1.29, 1.82) is 0 Å². The minimum Gasteiger partial charge on any atom is -0.270 e. The lowest BCUT2D eigenvalue weighted by Gasteiger charge is -2.29. The van der Waals surface area contributed by atoms with Crippen LogP contribution in [0.25, 0.3) is 0 Å². The highest BCUT2D eigenvalue weighted by atomic mass is 32.2. The first-order valence-electron chi connectivity index (χ1n) is 6.77. The number of nitro groups is 1. The average Bonchev–Trinajstić information content (AvgIpc) is 2.37. The van der Waals surface area contributed by atoms with Crippen LogP contribution in [0.4, 0.5) is 5.69 Å². The predicted molar refractivity (Wildman–Crippen MR) is 80.8 cm³/mol. The zero-order valence-corrected chi connectivity index (χ0v) is 13.4. The Bertz CT molecular complexity index is 582. The molecule has 1 rings (SSSR count). The fourth-order valence-corrected chi connectivity index (χ4v) is 2.76. The molecule has 0 aliphatic rings. The zero-order chi connectivity index (χ0) is 16.1. The monoisotopic (exact) mass is 315 g/mol. The molecule has 1 atom stereocenters. The fraction of sp³-hybridized carbons (Fsp3) is 0.571. The molecule has 0 amide bonds. The van der Waals surface area contributed by atoms with Gasteiger partial charge in [0.2, 0.25) is 0 Å². The molecule has 0 aromatic heterocycles. The third-order valence-electron chi connectivity index (χ3n) is 3.53. The SMILES string of the molecule is CCCC(C)(CCOS(C)(=O)=O)c1ccc([N+](=O)[O-])cc1. The smallest absolute Gasteiger partial charge is 0.269 e. The predicted octanol–water partition coefficient (Wildman–Crippen LogP) is 3.02. The second-order valence-electron chi connectivity index (χ2n) is 5.39. The normalized spacial score (nSPS) is 14.6. The maximum atomic E-state index is 11.0. The van der Waals surface area contributed by atoms with Crippen LogP contribution in [0.15, 0.2) is 24.3 Å². The van der Waals surface area contributed by atoms with Gasteiger partial charge in [0.05, 0.1) is 17.8 Å². The second kappa shape index (κ2) is 7.00. The van der Waals surface area contributed by atoms with Gasteiger partial charge >= 0.3 is 0 Å². The highest BCUT2D eigenvalue weighted by Gasteiger charge is 2.26. The highest BCUT2D eigenvalue weighted by molar-refractivity contribution is 7.85. The maximum Gasteiger partial charge on any atom is 0.269 e. The largest absolute Gasteiger partial charge is 0.270 e. The van der Waals surface area contributed by atoms with Gasteiger partial charge in [0.15, 0.2) is 0 Å². The Labute approximate surface area is 125 Å². The van der Waals surface area contributed by atoms with E-state index in [9.17, 15) is 18.5 Å². The van der Waals surface area contributed by atoms with Crippen LogP contribution in [0.1, 0.15) is 38.7 Å². The Morgan fingerprint density at radius 1 is 1.24 bits per heavy atom. The lowest BCUT2D eigenvalue weighted by Crippen LogP contribution is -2.24. The Kier molecular flexibility index (Phi) is 5.86. The van der Waals surface area contributed by atoms with Gasteiger partial charge in [-0.25, -0.2) is 0 Å². The van der Waals surface area contributed by atoms with Crippen molar-refractivity contribution < 1.29 is 17.5 Å². The molecule has 21 heavy (non-hydrogen) atoms. The van der Waals surface area contributed by atoms with Gasteiger partial charge < -0.3 is 0 Å². The first-order chi connectivity index (χ1) is 9.68. The Hall–Kier alpha value is -1.47. The first-order valence-corrected chi connectivity index (χ1v) is 8.59. The van der Waals surface area contributed by atoms with Crippen LogP contribution in [0.2, 0.25) is 0 Å². The summed E-state index contributed by atoms with van der Waals surface area (Å²) in [6, 6.07) is 6.41. The summed E-state index contributed by atoms with van der Waals surface area (Å²) < 4.78 is 26.9. The summed E-state index contributed by atoms with van der Waals surface area (Å²) in [6.07, 6.45) is 3.33. The Morgan fingerprint density at radius 3 is 2.24 bits per heavy atom. The molecule has 1 aromatic rings. The summed E-state index contributed by atoms with van der Waals surface area (Å²) in [7, 11) is -3.45. The van der Waals surface area contributed by atoms with Crippen LogP contribution in [0.5, 0.6) is 0 Å². The topological polar surface area (TPSA) is 86.5 Å². The molecule has 1 aromatic carbocycles. The molecular weight excluding hydrogens is 294 g/mol. The summed E-state index contributed by atoms with van der Waals surface area (Å²) in [6.45, 7) is 4.16. The molecule has 118 valence electrons. The minimum atomic E-state index is -3.45. The van der Waals surface area contributed by atoms with Crippen molar-refractivity contribution in [3.63, 3.8) is 0 Å². The van der Waals surface area contributed by atoms with Crippen molar-refractivity contribution in [2.75, 3.05) is 12.9 Å². The van der Waals surface area contributed by atoms with Gasteiger partial charge in [0, 0.05) is 12.1 Å². The summed E-state index contributed by atoms with van der Waals surface area (Å²) in [5, 5.41) is 10.7. The van der Waals surface area contributed by atoms with Crippen LogP contribution >= 0.6 is 0 Å². The molecular formula is C14H21NO5S. The van der Waals surface area contributed by atoms with Gasteiger partial charge in [0.25, 0.3) is 15.8 Å². The van der Waals surface area contributed by atoms with E-state index in [0.29, 0.717) is 6.42 Å². The van der Waals surface area contributed by atoms with Gasteiger partial charge in [-0.2, -0.15) is 8.42 Å². The van der Waals surface area contributed by atoms with E-state index in [1.165, 1.54) is 12.1 Å². The number of nitrogens with zero attached hydrogens (tertiary/aromatic N) is 1. The van der Waals surface area contributed by atoms with Gasteiger partial charge in [-0.1, -0.05) is 32.4 Å². The van der Waals surface area contributed by atoms with Crippen LogP contribution in [-0.4, -0.2) is 26.2 Å². The first kappa shape index (κ1) is 17.6. The van der Waals surface area contributed by atoms with Crippen LogP contribution in [0, 0.1) is 10.1 Å². The third kappa shape index (κ3) is 5.43. The lowest BCUT2D eigenvalue weighted by molar-refractivity contribution is -0.384. The molecule has 0 radical (unpaired) electrons. The van der Waals surface area contributed by atoms with Crippen LogP contribution in [0.3, 0.4) is 0 Å². The quantitative estimate of drug-likeness (QED) is 0.418. The van der Waals surface area contributed by atoms with Crippen LogP contribution < -0.4 is 0 Å².